The Hall–Kier alpha value is -2.70. The van der Waals surface area contributed by atoms with Gasteiger partial charge < -0.3 is 9.47 Å². The molecule has 1 atom stereocenters. The largest absolute Gasteiger partial charge is 0.371 e. The van der Waals surface area contributed by atoms with Crippen molar-refractivity contribution in [3.8, 4) is 0 Å². The number of piperidine rings is 1. The number of hydrogen-bond acceptors (Lipinski definition) is 5. The van der Waals surface area contributed by atoms with Gasteiger partial charge in [-0.2, -0.15) is 5.10 Å². The van der Waals surface area contributed by atoms with Gasteiger partial charge in [-0.3, -0.25) is 9.67 Å². The van der Waals surface area contributed by atoms with Crippen LogP contribution < -0.4 is 4.90 Å². The molecule has 4 heterocycles. The molecule has 0 amide bonds. The molecule has 0 radical (unpaired) electrons. The van der Waals surface area contributed by atoms with E-state index in [1.807, 2.05) is 29.3 Å². The molecule has 1 unspecified atom stereocenters. The van der Waals surface area contributed by atoms with Crippen LogP contribution in [0.1, 0.15) is 30.4 Å². The van der Waals surface area contributed by atoms with Gasteiger partial charge in [-0.1, -0.05) is 0 Å². The summed E-state index contributed by atoms with van der Waals surface area (Å²) in [5, 5.41) is 13.1. The van der Waals surface area contributed by atoms with E-state index >= 15 is 0 Å². The highest BCUT2D eigenvalue weighted by Gasteiger charge is 2.26. The normalized spacial score (nSPS) is 18.0. The molecule has 7 heteroatoms. The lowest BCUT2D eigenvalue weighted by molar-refractivity contribution is 0.477. The Morgan fingerprint density at radius 1 is 1.17 bits per heavy atom. The lowest BCUT2D eigenvalue weighted by Crippen LogP contribution is -2.35. The van der Waals surface area contributed by atoms with E-state index in [2.05, 4.69) is 48.9 Å². The minimum atomic E-state index is 0.399. The van der Waals surface area contributed by atoms with Crippen molar-refractivity contribution in [1.82, 2.24) is 29.5 Å². The summed E-state index contributed by atoms with van der Waals surface area (Å²) >= 11 is 0. The molecule has 24 heavy (non-hydrogen) atoms. The molecule has 0 spiro atoms. The quantitative estimate of drug-likeness (QED) is 0.733. The fourth-order valence-corrected chi connectivity index (χ4v) is 3.38. The zero-order valence-corrected chi connectivity index (χ0v) is 13.8. The van der Waals surface area contributed by atoms with E-state index in [1.54, 1.807) is 6.20 Å². The van der Waals surface area contributed by atoms with Gasteiger partial charge in [0.15, 0.2) is 5.82 Å². The minimum absolute atomic E-state index is 0.399. The standard InChI is InChI=1S/C17H21N7/c1-22-16(13-24-11-3-7-19-24)20-21-17(22)14-4-2-10-23(12-14)15-5-8-18-9-6-15/h3,5-9,11,14H,2,4,10,12-13H2,1H3. The molecule has 3 aromatic heterocycles. The number of pyridine rings is 1. The molecule has 7 nitrogen and oxygen atoms in total. The first kappa shape index (κ1) is 14.9. The summed E-state index contributed by atoms with van der Waals surface area (Å²) in [5.41, 5.74) is 1.23. The first-order valence-electron chi connectivity index (χ1n) is 8.32. The van der Waals surface area contributed by atoms with E-state index in [0.717, 1.165) is 37.6 Å². The van der Waals surface area contributed by atoms with E-state index < -0.39 is 0 Å². The maximum atomic E-state index is 4.48. The van der Waals surface area contributed by atoms with E-state index in [4.69, 9.17) is 0 Å². The van der Waals surface area contributed by atoms with Crippen molar-refractivity contribution < 1.29 is 0 Å². The van der Waals surface area contributed by atoms with Crippen LogP contribution in [-0.4, -0.2) is 42.6 Å². The summed E-state index contributed by atoms with van der Waals surface area (Å²) in [6.45, 7) is 2.70. The Bertz CT molecular complexity index is 779. The van der Waals surface area contributed by atoms with Crippen LogP contribution in [0.2, 0.25) is 0 Å². The van der Waals surface area contributed by atoms with Gasteiger partial charge in [-0.05, 0) is 31.0 Å². The summed E-state index contributed by atoms with van der Waals surface area (Å²) in [6.07, 6.45) is 9.74. The van der Waals surface area contributed by atoms with Crippen LogP contribution in [0.25, 0.3) is 0 Å². The van der Waals surface area contributed by atoms with Gasteiger partial charge >= 0.3 is 0 Å². The van der Waals surface area contributed by atoms with Crippen molar-refractivity contribution in [1.29, 1.82) is 0 Å². The van der Waals surface area contributed by atoms with Crippen molar-refractivity contribution in [2.45, 2.75) is 25.3 Å². The molecule has 3 aromatic rings. The van der Waals surface area contributed by atoms with Crippen molar-refractivity contribution in [2.75, 3.05) is 18.0 Å². The summed E-state index contributed by atoms with van der Waals surface area (Å²) in [7, 11) is 2.06. The lowest BCUT2D eigenvalue weighted by Gasteiger charge is -2.33. The first-order valence-corrected chi connectivity index (χ1v) is 8.32. The molecular formula is C17H21N7. The number of hydrogen-bond donors (Lipinski definition) is 0. The Balaban J connectivity index is 1.52. The SMILES string of the molecule is Cn1c(Cn2cccn2)nnc1C1CCCN(c2ccncc2)C1. The number of anilines is 1. The average molecular weight is 323 g/mol. The summed E-state index contributed by atoms with van der Waals surface area (Å²) in [5.74, 6) is 2.40. The second-order valence-electron chi connectivity index (χ2n) is 6.23. The van der Waals surface area contributed by atoms with Crippen molar-refractivity contribution in [3.63, 3.8) is 0 Å². The Labute approximate surface area is 141 Å². The molecule has 1 fully saturated rings. The van der Waals surface area contributed by atoms with Crippen LogP contribution in [0, 0.1) is 0 Å². The minimum Gasteiger partial charge on any atom is -0.371 e. The zero-order valence-electron chi connectivity index (χ0n) is 13.8. The molecule has 1 aliphatic rings. The summed E-state index contributed by atoms with van der Waals surface area (Å²) in [6, 6.07) is 6.06. The van der Waals surface area contributed by atoms with Gasteiger partial charge in [-0.15, -0.1) is 10.2 Å². The van der Waals surface area contributed by atoms with Crippen LogP contribution in [0.3, 0.4) is 0 Å². The topological polar surface area (TPSA) is 64.7 Å². The molecular weight excluding hydrogens is 302 g/mol. The molecule has 0 aromatic carbocycles. The maximum absolute atomic E-state index is 4.48. The maximum Gasteiger partial charge on any atom is 0.154 e. The lowest BCUT2D eigenvalue weighted by atomic mass is 9.96. The predicted molar refractivity (Wildman–Crippen MR) is 90.8 cm³/mol. The predicted octanol–water partition coefficient (Wildman–Crippen LogP) is 1.84. The third-order valence-electron chi connectivity index (χ3n) is 4.68. The fraction of sp³-hybridized carbons (Fsp3) is 0.412. The molecule has 0 N–H and O–H groups in total. The monoisotopic (exact) mass is 323 g/mol. The number of rotatable bonds is 4. The second kappa shape index (κ2) is 6.43. The molecule has 1 saturated heterocycles. The molecule has 0 saturated carbocycles. The van der Waals surface area contributed by atoms with E-state index in [-0.39, 0.29) is 0 Å². The van der Waals surface area contributed by atoms with Crippen molar-refractivity contribution in [2.24, 2.45) is 7.05 Å². The van der Waals surface area contributed by atoms with Gasteiger partial charge in [0.1, 0.15) is 12.4 Å². The van der Waals surface area contributed by atoms with E-state index in [0.29, 0.717) is 12.5 Å². The third-order valence-corrected chi connectivity index (χ3v) is 4.68. The second-order valence-corrected chi connectivity index (χ2v) is 6.23. The van der Waals surface area contributed by atoms with Crippen LogP contribution >= 0.6 is 0 Å². The Kier molecular flexibility index (Phi) is 3.98. The molecule has 4 rings (SSSR count). The molecule has 124 valence electrons. The van der Waals surface area contributed by atoms with E-state index in [9.17, 15) is 0 Å². The van der Waals surface area contributed by atoms with Gasteiger partial charge in [-0.25, -0.2) is 0 Å². The number of nitrogens with zero attached hydrogens (tertiary/aromatic N) is 7. The summed E-state index contributed by atoms with van der Waals surface area (Å²) in [4.78, 5) is 6.52. The van der Waals surface area contributed by atoms with Gasteiger partial charge in [0.25, 0.3) is 0 Å². The van der Waals surface area contributed by atoms with Crippen LogP contribution in [-0.2, 0) is 13.6 Å². The highest BCUT2D eigenvalue weighted by atomic mass is 15.3. The highest BCUT2D eigenvalue weighted by Crippen LogP contribution is 2.28. The van der Waals surface area contributed by atoms with Crippen molar-refractivity contribution >= 4 is 5.69 Å². The molecule has 0 bridgehead atoms. The van der Waals surface area contributed by atoms with Crippen molar-refractivity contribution in [3.05, 3.63) is 54.6 Å². The Morgan fingerprint density at radius 3 is 2.83 bits per heavy atom. The highest BCUT2D eigenvalue weighted by molar-refractivity contribution is 5.45. The first-order chi connectivity index (χ1) is 11.8. The van der Waals surface area contributed by atoms with Crippen LogP contribution in [0.15, 0.2) is 43.0 Å². The van der Waals surface area contributed by atoms with Gasteiger partial charge in [0, 0.05) is 56.5 Å². The van der Waals surface area contributed by atoms with Crippen LogP contribution in [0.4, 0.5) is 5.69 Å². The number of aromatic nitrogens is 6. The fourth-order valence-electron chi connectivity index (χ4n) is 3.38. The molecule has 1 aliphatic heterocycles. The smallest absolute Gasteiger partial charge is 0.154 e. The van der Waals surface area contributed by atoms with E-state index in [1.165, 1.54) is 5.69 Å². The third kappa shape index (κ3) is 2.89. The van der Waals surface area contributed by atoms with Gasteiger partial charge in [0.05, 0.1) is 0 Å². The molecule has 0 aliphatic carbocycles. The zero-order chi connectivity index (χ0) is 16.4. The Morgan fingerprint density at radius 2 is 2.04 bits per heavy atom. The summed E-state index contributed by atoms with van der Waals surface area (Å²) < 4.78 is 4.00. The van der Waals surface area contributed by atoms with Crippen LogP contribution in [0.5, 0.6) is 0 Å². The van der Waals surface area contributed by atoms with Gasteiger partial charge in [0.2, 0.25) is 0 Å². The average Bonchev–Trinajstić information content (AvgIpc) is 3.27.